The summed E-state index contributed by atoms with van der Waals surface area (Å²) in [5, 5.41) is 5.94. The second-order valence-electron chi connectivity index (χ2n) is 4.84. The third-order valence-electron chi connectivity index (χ3n) is 3.48. The van der Waals surface area contributed by atoms with E-state index in [9.17, 15) is 4.39 Å². The maximum Gasteiger partial charge on any atom is 0.222 e. The van der Waals surface area contributed by atoms with Gasteiger partial charge in [0.2, 0.25) is 5.95 Å². The van der Waals surface area contributed by atoms with Gasteiger partial charge >= 0.3 is 0 Å². The highest BCUT2D eigenvalue weighted by atomic mass is 19.1. The van der Waals surface area contributed by atoms with Crippen molar-refractivity contribution in [3.63, 3.8) is 0 Å². The van der Waals surface area contributed by atoms with Crippen LogP contribution in [0.1, 0.15) is 0 Å². The Kier molecular flexibility index (Phi) is 2.26. The molecular weight excluding hydrogens is 271 g/mol. The van der Waals surface area contributed by atoms with Gasteiger partial charge in [-0.05, 0) is 18.2 Å². The summed E-state index contributed by atoms with van der Waals surface area (Å²) in [4.78, 5) is 11.0. The number of fused-ring (bicyclic) bond motifs is 2. The number of nitrogens with zero attached hydrogens (tertiary/aromatic N) is 4. The van der Waals surface area contributed by atoms with E-state index in [0.717, 1.165) is 10.8 Å². The monoisotopic (exact) mass is 282 g/mol. The largest absolute Gasteiger partial charge is 0.368 e. The molecule has 21 heavy (non-hydrogen) atoms. The molecule has 0 aliphatic heterocycles. The first-order valence-corrected chi connectivity index (χ1v) is 6.36. The van der Waals surface area contributed by atoms with Crippen molar-refractivity contribution in [3.05, 3.63) is 36.4 Å². The van der Waals surface area contributed by atoms with E-state index >= 15 is 0 Å². The first kappa shape index (κ1) is 11.8. The molecule has 104 valence electrons. The topological polar surface area (TPSA) is 85.4 Å². The zero-order valence-corrected chi connectivity index (χ0v) is 11.1. The lowest BCUT2D eigenvalue weighted by Gasteiger charge is -2.00. The SMILES string of the molecule is Cn1nc(-c2cc(F)c3[nH]ccc3c2)c2cnc(N)nc21. The number of hydrogen-bond acceptors (Lipinski definition) is 4. The van der Waals surface area contributed by atoms with Crippen LogP contribution < -0.4 is 5.73 Å². The molecule has 0 spiro atoms. The molecule has 0 aliphatic rings. The molecule has 0 fully saturated rings. The molecule has 0 radical (unpaired) electrons. The third-order valence-corrected chi connectivity index (χ3v) is 3.48. The number of aromatic nitrogens is 5. The molecule has 3 heterocycles. The number of H-pyrrole nitrogens is 1. The standard InChI is InChI=1S/C14H11FN6/c1-21-13-9(6-18-14(16)19-13)11(20-21)8-4-7-2-3-17-12(7)10(15)5-8/h2-6,17H,1H3,(H2,16,18,19). The Morgan fingerprint density at radius 3 is 3.05 bits per heavy atom. The van der Waals surface area contributed by atoms with Crippen LogP contribution in [0.5, 0.6) is 0 Å². The molecular formula is C14H11FN6. The fraction of sp³-hybridized carbons (Fsp3) is 0.0714. The maximum absolute atomic E-state index is 14.1. The molecule has 3 N–H and O–H groups in total. The number of nitrogens with two attached hydrogens (primary N) is 1. The molecule has 3 aromatic heterocycles. The number of aryl methyl sites for hydroxylation is 1. The maximum atomic E-state index is 14.1. The lowest BCUT2D eigenvalue weighted by molar-refractivity contribution is 0.637. The fourth-order valence-corrected chi connectivity index (χ4v) is 2.53. The van der Waals surface area contributed by atoms with Crippen molar-refractivity contribution >= 4 is 27.9 Å². The zero-order valence-electron chi connectivity index (χ0n) is 11.1. The number of nitrogens with one attached hydrogen (secondary N) is 1. The van der Waals surface area contributed by atoms with Gasteiger partial charge in [-0.3, -0.25) is 0 Å². The van der Waals surface area contributed by atoms with Crippen molar-refractivity contribution in [2.45, 2.75) is 0 Å². The highest BCUT2D eigenvalue weighted by Gasteiger charge is 2.15. The van der Waals surface area contributed by atoms with Crippen molar-refractivity contribution in [1.82, 2.24) is 24.7 Å². The summed E-state index contributed by atoms with van der Waals surface area (Å²) < 4.78 is 15.7. The van der Waals surface area contributed by atoms with E-state index in [0.29, 0.717) is 22.4 Å². The second kappa shape index (κ2) is 4.02. The number of nitrogen functional groups attached to an aromatic ring is 1. The third kappa shape index (κ3) is 1.67. The molecule has 0 aliphatic carbocycles. The van der Waals surface area contributed by atoms with E-state index in [1.807, 2.05) is 12.1 Å². The Hall–Kier alpha value is -2.96. The number of halogens is 1. The average Bonchev–Trinajstić information content (AvgIpc) is 3.04. The van der Waals surface area contributed by atoms with Crippen LogP contribution in [0.25, 0.3) is 33.2 Å². The van der Waals surface area contributed by atoms with Crippen molar-refractivity contribution < 1.29 is 4.39 Å². The quantitative estimate of drug-likeness (QED) is 0.560. The molecule has 0 saturated carbocycles. The summed E-state index contributed by atoms with van der Waals surface area (Å²) in [6.45, 7) is 0. The van der Waals surface area contributed by atoms with Gasteiger partial charge in [-0.2, -0.15) is 10.1 Å². The Morgan fingerprint density at radius 1 is 1.33 bits per heavy atom. The van der Waals surface area contributed by atoms with Gasteiger partial charge in [-0.25, -0.2) is 14.1 Å². The highest BCUT2D eigenvalue weighted by molar-refractivity contribution is 5.94. The van der Waals surface area contributed by atoms with Crippen molar-refractivity contribution in [2.24, 2.45) is 7.05 Å². The summed E-state index contributed by atoms with van der Waals surface area (Å²) in [6, 6.07) is 5.16. The van der Waals surface area contributed by atoms with Crippen LogP contribution in [0.2, 0.25) is 0 Å². The van der Waals surface area contributed by atoms with Crippen molar-refractivity contribution in [2.75, 3.05) is 5.73 Å². The zero-order chi connectivity index (χ0) is 14.6. The first-order valence-electron chi connectivity index (χ1n) is 6.36. The van der Waals surface area contributed by atoms with Crippen LogP contribution in [-0.4, -0.2) is 24.7 Å². The minimum absolute atomic E-state index is 0.185. The summed E-state index contributed by atoms with van der Waals surface area (Å²) in [6.07, 6.45) is 3.32. The summed E-state index contributed by atoms with van der Waals surface area (Å²) in [5.74, 6) is -0.132. The van der Waals surface area contributed by atoms with Crippen molar-refractivity contribution in [3.8, 4) is 11.3 Å². The molecule has 4 rings (SSSR count). The van der Waals surface area contributed by atoms with Gasteiger partial charge in [0.05, 0.1) is 10.9 Å². The van der Waals surface area contributed by atoms with E-state index in [-0.39, 0.29) is 11.8 Å². The predicted octanol–water partition coefficient (Wildman–Crippen LogP) is 2.23. The molecule has 0 amide bonds. The highest BCUT2D eigenvalue weighted by Crippen LogP contribution is 2.30. The fourth-order valence-electron chi connectivity index (χ4n) is 2.53. The smallest absolute Gasteiger partial charge is 0.222 e. The second-order valence-corrected chi connectivity index (χ2v) is 4.84. The minimum Gasteiger partial charge on any atom is -0.368 e. The van der Waals surface area contributed by atoms with Gasteiger partial charge in [0.25, 0.3) is 0 Å². The van der Waals surface area contributed by atoms with E-state index in [1.165, 1.54) is 6.07 Å². The molecule has 4 aromatic rings. The van der Waals surface area contributed by atoms with Crippen LogP contribution in [-0.2, 0) is 7.05 Å². The van der Waals surface area contributed by atoms with E-state index in [4.69, 9.17) is 5.73 Å². The van der Waals surface area contributed by atoms with E-state index in [2.05, 4.69) is 20.1 Å². The number of benzene rings is 1. The van der Waals surface area contributed by atoms with Gasteiger partial charge in [0, 0.05) is 30.4 Å². The van der Waals surface area contributed by atoms with E-state index < -0.39 is 0 Å². The van der Waals surface area contributed by atoms with Crippen LogP contribution >= 0.6 is 0 Å². The number of hydrogen-bond donors (Lipinski definition) is 2. The molecule has 0 atom stereocenters. The van der Waals surface area contributed by atoms with Gasteiger partial charge in [-0.1, -0.05) is 0 Å². The summed E-state index contributed by atoms with van der Waals surface area (Å²) >= 11 is 0. The molecule has 1 aromatic carbocycles. The summed E-state index contributed by atoms with van der Waals surface area (Å²) in [7, 11) is 1.77. The normalized spacial score (nSPS) is 11.5. The Morgan fingerprint density at radius 2 is 2.19 bits per heavy atom. The number of aromatic amines is 1. The van der Waals surface area contributed by atoms with Crippen molar-refractivity contribution in [1.29, 1.82) is 0 Å². The number of anilines is 1. The van der Waals surface area contributed by atoms with Crippen LogP contribution in [0.15, 0.2) is 30.6 Å². The molecule has 6 nitrogen and oxygen atoms in total. The van der Waals surface area contributed by atoms with E-state index in [1.54, 1.807) is 24.1 Å². The van der Waals surface area contributed by atoms with Crippen LogP contribution in [0.4, 0.5) is 10.3 Å². The first-order chi connectivity index (χ1) is 10.1. The molecule has 0 unspecified atom stereocenters. The predicted molar refractivity (Wildman–Crippen MR) is 78.0 cm³/mol. The minimum atomic E-state index is -0.317. The number of rotatable bonds is 1. The lowest BCUT2D eigenvalue weighted by atomic mass is 10.1. The average molecular weight is 282 g/mol. The summed E-state index contributed by atoms with van der Waals surface area (Å²) in [5.41, 5.74) is 8.01. The molecule has 0 bridgehead atoms. The Bertz CT molecular complexity index is 984. The van der Waals surface area contributed by atoms with Crippen LogP contribution in [0.3, 0.4) is 0 Å². The van der Waals surface area contributed by atoms with Crippen LogP contribution in [0, 0.1) is 5.82 Å². The van der Waals surface area contributed by atoms with Gasteiger partial charge in [0.1, 0.15) is 11.5 Å². The van der Waals surface area contributed by atoms with Gasteiger partial charge in [-0.15, -0.1) is 0 Å². The van der Waals surface area contributed by atoms with Gasteiger partial charge < -0.3 is 10.7 Å². The van der Waals surface area contributed by atoms with Gasteiger partial charge in [0.15, 0.2) is 5.65 Å². The Labute approximate surface area is 118 Å². The molecule has 7 heteroatoms. The molecule has 0 saturated heterocycles. The Balaban J connectivity index is 2.04. The lowest BCUT2D eigenvalue weighted by Crippen LogP contribution is -1.97.